The number of ether oxygens (including phenoxy) is 2. The molecular weight excluding hydrogens is 400 g/mol. The van der Waals surface area contributed by atoms with E-state index in [2.05, 4.69) is 29.2 Å². The number of amides is 1. The van der Waals surface area contributed by atoms with Crippen LogP contribution in [0.4, 0.5) is 5.69 Å². The monoisotopic (exact) mass is 420 g/mol. The van der Waals surface area contributed by atoms with Gasteiger partial charge in [0.05, 0.1) is 15.9 Å². The number of nitrogens with zero attached hydrogens (tertiary/aromatic N) is 3. The SMILES string of the molecule is CC(C)c1cc(C(=O)Nc2ccc3c(c2)OCCO3)nn1-c1nc2ccccc2s1. The third kappa shape index (κ3) is 3.39. The predicted octanol–water partition coefficient (Wildman–Crippen LogP) is 4.63. The summed E-state index contributed by atoms with van der Waals surface area (Å²) in [6, 6.07) is 15.1. The lowest BCUT2D eigenvalue weighted by Crippen LogP contribution is -2.16. The van der Waals surface area contributed by atoms with Crippen LogP contribution in [0.2, 0.25) is 0 Å². The number of para-hydroxylation sites is 1. The largest absolute Gasteiger partial charge is 0.486 e. The number of hydrogen-bond donors (Lipinski definition) is 1. The number of rotatable bonds is 4. The van der Waals surface area contributed by atoms with Gasteiger partial charge in [-0.2, -0.15) is 5.10 Å². The zero-order valence-corrected chi connectivity index (χ0v) is 17.4. The normalized spacial score (nSPS) is 13.0. The minimum atomic E-state index is -0.284. The molecule has 152 valence electrons. The van der Waals surface area contributed by atoms with Crippen molar-refractivity contribution >= 4 is 33.1 Å². The molecule has 0 aliphatic carbocycles. The quantitative estimate of drug-likeness (QED) is 0.521. The van der Waals surface area contributed by atoms with Crippen molar-refractivity contribution in [3.05, 3.63) is 59.9 Å². The van der Waals surface area contributed by atoms with E-state index in [0.717, 1.165) is 21.0 Å². The van der Waals surface area contributed by atoms with Crippen molar-refractivity contribution in [3.63, 3.8) is 0 Å². The Morgan fingerprint density at radius 2 is 1.90 bits per heavy atom. The summed E-state index contributed by atoms with van der Waals surface area (Å²) in [5, 5.41) is 8.22. The second-order valence-corrected chi connectivity index (χ2v) is 8.31. The van der Waals surface area contributed by atoms with Crippen LogP contribution >= 0.6 is 11.3 Å². The summed E-state index contributed by atoms with van der Waals surface area (Å²) in [6.45, 7) is 5.17. The van der Waals surface area contributed by atoms with Crippen LogP contribution < -0.4 is 14.8 Å². The molecule has 8 heteroatoms. The lowest BCUT2D eigenvalue weighted by Gasteiger charge is -2.18. The number of carbonyl (C=O) groups excluding carboxylic acids is 1. The van der Waals surface area contributed by atoms with Crippen LogP contribution in [0.5, 0.6) is 11.5 Å². The van der Waals surface area contributed by atoms with Crippen molar-refractivity contribution in [1.29, 1.82) is 0 Å². The minimum absolute atomic E-state index is 0.181. The number of fused-ring (bicyclic) bond motifs is 2. The number of nitrogens with one attached hydrogen (secondary N) is 1. The summed E-state index contributed by atoms with van der Waals surface area (Å²) in [7, 11) is 0. The molecule has 0 saturated carbocycles. The molecule has 1 aliphatic rings. The van der Waals surface area contributed by atoms with Crippen LogP contribution in [0.25, 0.3) is 15.3 Å². The van der Waals surface area contributed by atoms with Crippen LogP contribution in [-0.2, 0) is 0 Å². The van der Waals surface area contributed by atoms with Gasteiger partial charge in [-0.3, -0.25) is 4.79 Å². The van der Waals surface area contributed by atoms with E-state index in [0.29, 0.717) is 36.1 Å². The molecule has 4 aromatic rings. The molecule has 1 aliphatic heterocycles. The third-order valence-electron chi connectivity index (χ3n) is 4.82. The van der Waals surface area contributed by atoms with Gasteiger partial charge in [0.2, 0.25) is 5.13 Å². The van der Waals surface area contributed by atoms with Crippen LogP contribution in [-0.4, -0.2) is 33.9 Å². The first kappa shape index (κ1) is 18.6. The Bertz CT molecular complexity index is 1210. The first-order valence-electron chi connectivity index (χ1n) is 9.75. The third-order valence-corrected chi connectivity index (χ3v) is 5.84. The number of anilines is 1. The Morgan fingerprint density at radius 1 is 1.10 bits per heavy atom. The molecule has 0 bridgehead atoms. The Balaban J connectivity index is 1.46. The smallest absolute Gasteiger partial charge is 0.276 e. The number of hydrogen-bond acceptors (Lipinski definition) is 6. The second-order valence-electron chi connectivity index (χ2n) is 7.30. The molecule has 30 heavy (non-hydrogen) atoms. The van der Waals surface area contributed by atoms with Gasteiger partial charge >= 0.3 is 0 Å². The molecule has 2 aromatic carbocycles. The van der Waals surface area contributed by atoms with Gasteiger partial charge in [-0.1, -0.05) is 37.3 Å². The van der Waals surface area contributed by atoms with Crippen LogP contribution in [0, 0.1) is 0 Å². The summed E-state index contributed by atoms with van der Waals surface area (Å²) < 4.78 is 14.0. The van der Waals surface area contributed by atoms with Crippen LogP contribution in [0.15, 0.2) is 48.5 Å². The molecule has 1 N–H and O–H groups in total. The topological polar surface area (TPSA) is 78.3 Å². The van der Waals surface area contributed by atoms with E-state index in [-0.39, 0.29) is 11.8 Å². The highest BCUT2D eigenvalue weighted by Crippen LogP contribution is 2.33. The predicted molar refractivity (Wildman–Crippen MR) is 116 cm³/mol. The Kier molecular flexibility index (Phi) is 4.63. The highest BCUT2D eigenvalue weighted by atomic mass is 32.1. The van der Waals surface area contributed by atoms with Crippen molar-refractivity contribution in [1.82, 2.24) is 14.8 Å². The van der Waals surface area contributed by atoms with E-state index < -0.39 is 0 Å². The first-order chi connectivity index (χ1) is 14.6. The maximum Gasteiger partial charge on any atom is 0.276 e. The molecule has 0 saturated heterocycles. The Morgan fingerprint density at radius 3 is 2.70 bits per heavy atom. The zero-order chi connectivity index (χ0) is 20.7. The lowest BCUT2D eigenvalue weighted by atomic mass is 10.1. The summed E-state index contributed by atoms with van der Waals surface area (Å²) in [6.07, 6.45) is 0. The van der Waals surface area contributed by atoms with Crippen molar-refractivity contribution < 1.29 is 14.3 Å². The summed E-state index contributed by atoms with van der Waals surface area (Å²) in [5.41, 5.74) is 2.82. The highest BCUT2D eigenvalue weighted by Gasteiger charge is 2.20. The second kappa shape index (κ2) is 7.46. The van der Waals surface area contributed by atoms with Crippen molar-refractivity contribution in [2.75, 3.05) is 18.5 Å². The molecule has 5 rings (SSSR count). The van der Waals surface area contributed by atoms with Crippen molar-refractivity contribution in [2.24, 2.45) is 0 Å². The van der Waals surface area contributed by atoms with Crippen molar-refractivity contribution in [3.8, 4) is 16.6 Å². The minimum Gasteiger partial charge on any atom is -0.486 e. The van der Waals surface area contributed by atoms with Gasteiger partial charge in [0.25, 0.3) is 5.91 Å². The average molecular weight is 420 g/mol. The number of thiazole rings is 1. The van der Waals surface area contributed by atoms with E-state index in [1.807, 2.05) is 30.3 Å². The molecule has 0 atom stereocenters. The van der Waals surface area contributed by atoms with E-state index >= 15 is 0 Å². The van der Waals surface area contributed by atoms with E-state index in [1.54, 1.807) is 34.2 Å². The Hall–Kier alpha value is -3.39. The highest BCUT2D eigenvalue weighted by molar-refractivity contribution is 7.20. The molecule has 1 amide bonds. The molecule has 0 unspecified atom stereocenters. The fourth-order valence-electron chi connectivity index (χ4n) is 3.34. The molecular formula is C22H20N4O3S. The Labute approximate surface area is 177 Å². The average Bonchev–Trinajstić information content (AvgIpc) is 3.38. The molecule has 0 fully saturated rings. The van der Waals surface area contributed by atoms with E-state index in [9.17, 15) is 4.79 Å². The maximum atomic E-state index is 12.9. The van der Waals surface area contributed by atoms with Gasteiger partial charge in [-0.15, -0.1) is 0 Å². The first-order valence-corrected chi connectivity index (χ1v) is 10.6. The zero-order valence-electron chi connectivity index (χ0n) is 16.6. The summed E-state index contributed by atoms with van der Waals surface area (Å²) in [5.74, 6) is 1.21. The van der Waals surface area contributed by atoms with Crippen LogP contribution in [0.1, 0.15) is 35.9 Å². The molecule has 0 spiro atoms. The number of aromatic nitrogens is 3. The molecule has 0 radical (unpaired) electrons. The van der Waals surface area contributed by atoms with E-state index in [4.69, 9.17) is 9.47 Å². The van der Waals surface area contributed by atoms with Gasteiger partial charge in [0.15, 0.2) is 17.2 Å². The molecule has 7 nitrogen and oxygen atoms in total. The van der Waals surface area contributed by atoms with E-state index in [1.165, 1.54) is 0 Å². The van der Waals surface area contributed by atoms with Crippen LogP contribution in [0.3, 0.4) is 0 Å². The van der Waals surface area contributed by atoms with Gasteiger partial charge < -0.3 is 14.8 Å². The lowest BCUT2D eigenvalue weighted by molar-refractivity contribution is 0.102. The van der Waals surface area contributed by atoms with Gasteiger partial charge in [0.1, 0.15) is 13.2 Å². The number of carbonyl (C=O) groups is 1. The van der Waals surface area contributed by atoms with Gasteiger partial charge in [0, 0.05) is 11.8 Å². The number of benzene rings is 2. The van der Waals surface area contributed by atoms with Gasteiger partial charge in [-0.05, 0) is 36.2 Å². The van der Waals surface area contributed by atoms with Gasteiger partial charge in [-0.25, -0.2) is 9.67 Å². The summed E-state index contributed by atoms with van der Waals surface area (Å²) >= 11 is 1.55. The van der Waals surface area contributed by atoms with Crippen molar-refractivity contribution in [2.45, 2.75) is 19.8 Å². The fourth-order valence-corrected chi connectivity index (χ4v) is 4.28. The standard InChI is InChI=1S/C22H20N4O3S/c1-13(2)17-12-16(25-26(17)22-24-15-5-3-4-6-20(15)30-22)21(27)23-14-7-8-18-19(11-14)29-10-9-28-18/h3-8,11-13H,9-10H2,1-2H3,(H,23,27). The molecule has 3 heterocycles. The summed E-state index contributed by atoms with van der Waals surface area (Å²) in [4.78, 5) is 17.6. The molecule has 2 aromatic heterocycles. The fraction of sp³-hybridized carbons (Fsp3) is 0.227. The maximum absolute atomic E-state index is 12.9.